The molecule has 0 atom stereocenters. The number of carboxylic acid groups (broad SMARTS) is 1. The summed E-state index contributed by atoms with van der Waals surface area (Å²) in [5.41, 5.74) is 0. The number of carbonyl (C=O) groups excluding carboxylic acids is 1. The molecule has 6 heteroatoms. The van der Waals surface area contributed by atoms with Crippen LogP contribution in [0.4, 0.5) is 0 Å². The van der Waals surface area contributed by atoms with Crippen molar-refractivity contribution in [2.45, 2.75) is 26.7 Å². The molecule has 0 aliphatic carbocycles. The number of carbonyl (C=O) groups is 2. The highest BCUT2D eigenvalue weighted by atomic mass is 16.5. The molecule has 0 spiro atoms. The van der Waals surface area contributed by atoms with Gasteiger partial charge >= 0.3 is 5.97 Å². The van der Waals surface area contributed by atoms with Gasteiger partial charge in [0.05, 0.1) is 13.0 Å². The maximum absolute atomic E-state index is 11.7. The minimum absolute atomic E-state index is 0.0461. The molecular formula is C13H26N2O4. The number of nitrogens with one attached hydrogen (secondary N) is 1. The number of aliphatic carboxylic acids is 1. The highest BCUT2D eigenvalue weighted by molar-refractivity contribution is 5.78. The van der Waals surface area contributed by atoms with Crippen LogP contribution >= 0.6 is 0 Å². The molecule has 0 aliphatic rings. The number of rotatable bonds is 11. The number of methoxy groups -OCH3 is 1. The summed E-state index contributed by atoms with van der Waals surface area (Å²) >= 11 is 0. The third-order valence-corrected chi connectivity index (χ3v) is 2.54. The van der Waals surface area contributed by atoms with Crippen molar-refractivity contribution in [3.05, 3.63) is 0 Å². The molecule has 0 aromatic carbocycles. The second-order valence-electron chi connectivity index (χ2n) is 4.96. The van der Waals surface area contributed by atoms with Crippen LogP contribution in [-0.2, 0) is 14.3 Å². The molecule has 0 bridgehead atoms. The van der Waals surface area contributed by atoms with Crippen molar-refractivity contribution in [2.75, 3.05) is 39.9 Å². The van der Waals surface area contributed by atoms with Crippen LogP contribution in [0.2, 0.25) is 0 Å². The monoisotopic (exact) mass is 274 g/mol. The quantitative estimate of drug-likeness (QED) is 0.539. The van der Waals surface area contributed by atoms with Crippen molar-refractivity contribution in [1.82, 2.24) is 10.2 Å². The molecule has 0 radical (unpaired) electrons. The van der Waals surface area contributed by atoms with E-state index in [-0.39, 0.29) is 18.9 Å². The first-order valence-corrected chi connectivity index (χ1v) is 6.65. The Hall–Kier alpha value is -1.14. The zero-order valence-corrected chi connectivity index (χ0v) is 12.1. The lowest BCUT2D eigenvalue weighted by atomic mass is 10.2. The van der Waals surface area contributed by atoms with Crippen molar-refractivity contribution in [2.24, 2.45) is 5.92 Å². The van der Waals surface area contributed by atoms with E-state index in [0.717, 1.165) is 6.42 Å². The molecule has 0 unspecified atom stereocenters. The summed E-state index contributed by atoms with van der Waals surface area (Å²) in [5.74, 6) is -0.499. The SMILES string of the molecule is COCCCN(CCC(=O)O)CC(=O)NCC(C)C. The molecule has 112 valence electrons. The summed E-state index contributed by atoms with van der Waals surface area (Å²) in [6.45, 7) is 6.59. The second-order valence-corrected chi connectivity index (χ2v) is 4.96. The van der Waals surface area contributed by atoms with Crippen molar-refractivity contribution in [3.63, 3.8) is 0 Å². The highest BCUT2D eigenvalue weighted by Gasteiger charge is 2.12. The first-order chi connectivity index (χ1) is 8.95. The van der Waals surface area contributed by atoms with Gasteiger partial charge in [-0.25, -0.2) is 0 Å². The minimum atomic E-state index is -0.848. The molecule has 0 heterocycles. The zero-order valence-electron chi connectivity index (χ0n) is 12.1. The van der Waals surface area contributed by atoms with Crippen LogP contribution in [0.5, 0.6) is 0 Å². The average Bonchev–Trinajstić information content (AvgIpc) is 2.33. The standard InChI is InChI=1S/C13H26N2O4/c1-11(2)9-14-12(16)10-15(6-4-8-19-3)7-5-13(17)18/h11H,4-10H2,1-3H3,(H,14,16)(H,17,18). The summed E-state index contributed by atoms with van der Waals surface area (Å²) in [5, 5.41) is 11.5. The molecule has 19 heavy (non-hydrogen) atoms. The third kappa shape index (κ3) is 11.7. The Morgan fingerprint density at radius 1 is 1.32 bits per heavy atom. The summed E-state index contributed by atoms with van der Waals surface area (Å²) in [6, 6.07) is 0. The summed E-state index contributed by atoms with van der Waals surface area (Å²) in [4.78, 5) is 24.1. The Labute approximate surface area is 115 Å². The van der Waals surface area contributed by atoms with Crippen LogP contribution in [0.25, 0.3) is 0 Å². The van der Waals surface area contributed by atoms with E-state index in [1.807, 2.05) is 18.7 Å². The van der Waals surface area contributed by atoms with Crippen LogP contribution in [0.3, 0.4) is 0 Å². The van der Waals surface area contributed by atoms with Gasteiger partial charge in [-0.3, -0.25) is 14.5 Å². The fourth-order valence-electron chi connectivity index (χ4n) is 1.53. The van der Waals surface area contributed by atoms with E-state index >= 15 is 0 Å². The van der Waals surface area contributed by atoms with E-state index in [9.17, 15) is 9.59 Å². The molecule has 0 saturated carbocycles. The first-order valence-electron chi connectivity index (χ1n) is 6.65. The summed E-state index contributed by atoms with van der Waals surface area (Å²) < 4.78 is 4.96. The highest BCUT2D eigenvalue weighted by Crippen LogP contribution is 1.96. The number of nitrogens with zero attached hydrogens (tertiary/aromatic N) is 1. The third-order valence-electron chi connectivity index (χ3n) is 2.54. The van der Waals surface area contributed by atoms with Gasteiger partial charge in [-0.05, 0) is 12.3 Å². The maximum Gasteiger partial charge on any atom is 0.304 e. The molecule has 0 fully saturated rings. The lowest BCUT2D eigenvalue weighted by Crippen LogP contribution is -2.40. The molecule has 0 saturated heterocycles. The van der Waals surface area contributed by atoms with Crippen molar-refractivity contribution in [1.29, 1.82) is 0 Å². The van der Waals surface area contributed by atoms with Crippen LogP contribution < -0.4 is 5.32 Å². The number of amides is 1. The Kier molecular flexibility index (Phi) is 10.1. The summed E-state index contributed by atoms with van der Waals surface area (Å²) in [6.07, 6.45) is 0.831. The van der Waals surface area contributed by atoms with Crippen molar-refractivity contribution >= 4 is 11.9 Å². The topological polar surface area (TPSA) is 78.9 Å². The molecular weight excluding hydrogens is 248 g/mol. The first kappa shape index (κ1) is 17.9. The number of hydrogen-bond donors (Lipinski definition) is 2. The van der Waals surface area contributed by atoms with E-state index in [2.05, 4.69) is 5.32 Å². The van der Waals surface area contributed by atoms with Crippen LogP contribution in [0.1, 0.15) is 26.7 Å². The van der Waals surface area contributed by atoms with Gasteiger partial charge in [-0.1, -0.05) is 13.8 Å². The number of ether oxygens (including phenoxy) is 1. The van der Waals surface area contributed by atoms with Crippen LogP contribution in [0.15, 0.2) is 0 Å². The molecule has 0 aromatic rings. The van der Waals surface area contributed by atoms with Gasteiger partial charge in [0.2, 0.25) is 5.91 Å². The predicted molar refractivity (Wildman–Crippen MR) is 73.0 cm³/mol. The van der Waals surface area contributed by atoms with Gasteiger partial charge in [0.25, 0.3) is 0 Å². The van der Waals surface area contributed by atoms with Crippen molar-refractivity contribution < 1.29 is 19.4 Å². The Morgan fingerprint density at radius 3 is 2.53 bits per heavy atom. The number of hydrogen-bond acceptors (Lipinski definition) is 4. The van der Waals surface area contributed by atoms with Gasteiger partial charge in [0, 0.05) is 33.4 Å². The van der Waals surface area contributed by atoms with E-state index in [1.165, 1.54) is 0 Å². The van der Waals surface area contributed by atoms with Gasteiger partial charge in [-0.2, -0.15) is 0 Å². The van der Waals surface area contributed by atoms with Crippen molar-refractivity contribution in [3.8, 4) is 0 Å². The lowest BCUT2D eigenvalue weighted by Gasteiger charge is -2.21. The van der Waals surface area contributed by atoms with Crippen LogP contribution in [-0.4, -0.2) is 61.8 Å². The zero-order chi connectivity index (χ0) is 14.7. The smallest absolute Gasteiger partial charge is 0.304 e. The Morgan fingerprint density at radius 2 is 2.00 bits per heavy atom. The fourth-order valence-corrected chi connectivity index (χ4v) is 1.53. The lowest BCUT2D eigenvalue weighted by molar-refractivity contribution is -0.137. The van der Waals surface area contributed by atoms with E-state index < -0.39 is 5.97 Å². The largest absolute Gasteiger partial charge is 0.481 e. The van der Waals surface area contributed by atoms with E-state index in [1.54, 1.807) is 7.11 Å². The maximum atomic E-state index is 11.7. The van der Waals surface area contributed by atoms with Gasteiger partial charge in [-0.15, -0.1) is 0 Å². The Balaban J connectivity index is 4.07. The van der Waals surface area contributed by atoms with E-state index in [0.29, 0.717) is 32.2 Å². The van der Waals surface area contributed by atoms with Gasteiger partial charge < -0.3 is 15.2 Å². The normalized spacial score (nSPS) is 11.0. The van der Waals surface area contributed by atoms with Crippen LogP contribution in [0, 0.1) is 5.92 Å². The summed E-state index contributed by atoms with van der Waals surface area (Å²) in [7, 11) is 1.62. The molecule has 0 aromatic heterocycles. The molecule has 1 amide bonds. The molecule has 6 nitrogen and oxygen atoms in total. The fraction of sp³-hybridized carbons (Fsp3) is 0.846. The number of carboxylic acids is 1. The molecule has 2 N–H and O–H groups in total. The minimum Gasteiger partial charge on any atom is -0.481 e. The predicted octanol–water partition coefficient (Wildman–Crippen LogP) is 0.572. The molecule has 0 rings (SSSR count). The second kappa shape index (κ2) is 10.8. The molecule has 0 aliphatic heterocycles. The van der Waals surface area contributed by atoms with E-state index in [4.69, 9.17) is 9.84 Å². The average molecular weight is 274 g/mol. The van der Waals surface area contributed by atoms with Gasteiger partial charge in [0.15, 0.2) is 0 Å². The Bertz CT molecular complexity index is 269. The van der Waals surface area contributed by atoms with Gasteiger partial charge in [0.1, 0.15) is 0 Å².